The lowest BCUT2D eigenvalue weighted by Gasteiger charge is -2.05. The van der Waals surface area contributed by atoms with Gasteiger partial charge in [0.2, 0.25) is 0 Å². The number of amides is 1. The highest BCUT2D eigenvalue weighted by Gasteiger charge is 2.35. The van der Waals surface area contributed by atoms with Gasteiger partial charge in [0.25, 0.3) is 0 Å². The molecule has 0 fully saturated rings. The molecule has 0 atom stereocenters. The zero-order valence-electron chi connectivity index (χ0n) is 5.55. The fourth-order valence-corrected chi connectivity index (χ4v) is 1.08. The average molecular weight is 257 g/mol. The maximum absolute atomic E-state index is 12.2. The van der Waals surface area contributed by atoms with Gasteiger partial charge < -0.3 is 0 Å². The number of rotatable bonds is 2. The Kier molecular flexibility index (Phi) is 2.73. The summed E-state index contributed by atoms with van der Waals surface area (Å²) in [7, 11) is 0. The lowest BCUT2D eigenvalue weighted by molar-refractivity contribution is -0.128. The molecule has 3 nitrogen and oxygen atoms in total. The summed E-state index contributed by atoms with van der Waals surface area (Å²) in [6.07, 6.45) is 1.41. The van der Waals surface area contributed by atoms with Crippen LogP contribution >= 0.6 is 27.3 Å². The molecule has 1 N–H and O–H groups in total. The van der Waals surface area contributed by atoms with E-state index in [2.05, 4.69) is 4.98 Å². The third kappa shape index (κ3) is 2.49. The van der Waals surface area contributed by atoms with Crippen LogP contribution in [0, 0.1) is 0 Å². The summed E-state index contributed by atoms with van der Waals surface area (Å²) in [5.41, 5.74) is 0. The Hall–Kier alpha value is -0.560. The van der Waals surface area contributed by atoms with Crippen molar-refractivity contribution in [3.63, 3.8) is 0 Å². The van der Waals surface area contributed by atoms with Gasteiger partial charge in [-0.3, -0.25) is 10.1 Å². The summed E-state index contributed by atoms with van der Waals surface area (Å²) in [6.45, 7) is 0. The van der Waals surface area contributed by atoms with E-state index in [1.54, 1.807) is 5.38 Å². The molecule has 0 aliphatic rings. The number of anilines is 1. The monoisotopic (exact) mass is 256 g/mol. The van der Waals surface area contributed by atoms with Crippen LogP contribution in [-0.2, 0) is 4.79 Å². The van der Waals surface area contributed by atoms with E-state index in [0.717, 1.165) is 11.3 Å². The van der Waals surface area contributed by atoms with Gasteiger partial charge >= 0.3 is 10.7 Å². The molecule has 7 heteroatoms. The van der Waals surface area contributed by atoms with Crippen molar-refractivity contribution >= 4 is 38.3 Å². The van der Waals surface area contributed by atoms with Crippen molar-refractivity contribution in [2.75, 3.05) is 5.32 Å². The fourth-order valence-electron chi connectivity index (χ4n) is 0.453. The molecule has 0 aliphatic carbocycles. The van der Waals surface area contributed by atoms with Crippen LogP contribution in [0.3, 0.4) is 0 Å². The summed E-state index contributed by atoms with van der Waals surface area (Å²) in [5.74, 6) is -1.42. The minimum Gasteiger partial charge on any atom is -0.296 e. The van der Waals surface area contributed by atoms with Crippen molar-refractivity contribution in [2.45, 2.75) is 4.83 Å². The van der Waals surface area contributed by atoms with Crippen LogP contribution in [0.5, 0.6) is 0 Å². The summed E-state index contributed by atoms with van der Waals surface area (Å²) < 4.78 is 24.4. The van der Waals surface area contributed by atoms with Gasteiger partial charge in [0.1, 0.15) is 0 Å². The van der Waals surface area contributed by atoms with E-state index in [-0.39, 0.29) is 5.13 Å². The SMILES string of the molecule is O=C(Nc1nccs1)C(F)(F)Br. The number of nitrogens with one attached hydrogen (secondary N) is 1. The van der Waals surface area contributed by atoms with Crippen LogP contribution in [0.4, 0.5) is 13.9 Å². The molecule has 12 heavy (non-hydrogen) atoms. The lowest BCUT2D eigenvalue weighted by atomic mass is 10.6. The van der Waals surface area contributed by atoms with Gasteiger partial charge in [0, 0.05) is 27.5 Å². The second kappa shape index (κ2) is 3.44. The van der Waals surface area contributed by atoms with Crippen molar-refractivity contribution in [1.82, 2.24) is 4.98 Å². The Labute approximate surface area is 78.9 Å². The molecule has 0 saturated carbocycles. The first-order chi connectivity index (χ1) is 5.50. The largest absolute Gasteiger partial charge is 0.378 e. The third-order valence-electron chi connectivity index (χ3n) is 0.910. The Bertz CT molecular complexity index is 271. The number of thiazole rings is 1. The van der Waals surface area contributed by atoms with Crippen molar-refractivity contribution in [1.29, 1.82) is 0 Å². The van der Waals surface area contributed by atoms with Crippen molar-refractivity contribution in [3.05, 3.63) is 11.6 Å². The highest BCUT2D eigenvalue weighted by Crippen LogP contribution is 2.24. The van der Waals surface area contributed by atoms with Gasteiger partial charge in [0.05, 0.1) is 0 Å². The van der Waals surface area contributed by atoms with Gasteiger partial charge in [-0.15, -0.1) is 11.3 Å². The van der Waals surface area contributed by atoms with E-state index in [4.69, 9.17) is 0 Å². The molecule has 0 unspecified atom stereocenters. The van der Waals surface area contributed by atoms with Crippen LogP contribution in [0.1, 0.15) is 0 Å². The predicted octanol–water partition coefficient (Wildman–Crippen LogP) is 2.07. The van der Waals surface area contributed by atoms with Crippen molar-refractivity contribution in [2.24, 2.45) is 0 Å². The van der Waals surface area contributed by atoms with E-state index in [1.165, 1.54) is 6.20 Å². The summed E-state index contributed by atoms with van der Waals surface area (Å²) in [6, 6.07) is 0. The smallest absolute Gasteiger partial charge is 0.296 e. The predicted molar refractivity (Wildman–Crippen MR) is 44.6 cm³/mol. The number of carbonyl (C=O) groups is 1. The van der Waals surface area contributed by atoms with E-state index in [1.807, 2.05) is 21.2 Å². The van der Waals surface area contributed by atoms with Crippen LogP contribution in [0.2, 0.25) is 0 Å². The highest BCUT2D eigenvalue weighted by atomic mass is 79.9. The zero-order chi connectivity index (χ0) is 9.19. The molecular weight excluding hydrogens is 254 g/mol. The first kappa shape index (κ1) is 9.53. The summed E-state index contributed by atoms with van der Waals surface area (Å²) in [4.78, 5) is 10.6. The fraction of sp³-hybridized carbons (Fsp3) is 0.200. The maximum Gasteiger partial charge on any atom is 0.378 e. The molecule has 1 aromatic heterocycles. The Morgan fingerprint density at radius 2 is 2.42 bits per heavy atom. The number of carbonyl (C=O) groups excluding carboxylic acids is 1. The zero-order valence-corrected chi connectivity index (χ0v) is 7.95. The van der Waals surface area contributed by atoms with Crippen LogP contribution in [-0.4, -0.2) is 15.7 Å². The van der Waals surface area contributed by atoms with Gasteiger partial charge in [-0.25, -0.2) is 4.98 Å². The van der Waals surface area contributed by atoms with Crippen molar-refractivity contribution < 1.29 is 13.6 Å². The number of nitrogens with zero attached hydrogens (tertiary/aromatic N) is 1. The molecule has 0 spiro atoms. The van der Waals surface area contributed by atoms with Gasteiger partial charge in [-0.05, 0) is 0 Å². The molecule has 0 saturated heterocycles. The van der Waals surface area contributed by atoms with Gasteiger partial charge in [-0.1, -0.05) is 0 Å². The molecule has 0 bridgehead atoms. The van der Waals surface area contributed by atoms with Crippen molar-refractivity contribution in [3.8, 4) is 0 Å². The average Bonchev–Trinajstić information content (AvgIpc) is 2.37. The molecule has 1 aromatic rings. The highest BCUT2D eigenvalue weighted by molar-refractivity contribution is 9.10. The minimum atomic E-state index is -3.54. The lowest BCUT2D eigenvalue weighted by Crippen LogP contribution is -2.28. The molecule has 0 radical (unpaired) electrons. The molecule has 1 amide bonds. The maximum atomic E-state index is 12.2. The number of aromatic nitrogens is 1. The van der Waals surface area contributed by atoms with Crippen LogP contribution in [0.25, 0.3) is 0 Å². The Morgan fingerprint density at radius 3 is 2.83 bits per heavy atom. The second-order valence-corrected chi connectivity index (χ2v) is 3.68. The van der Waals surface area contributed by atoms with Crippen LogP contribution < -0.4 is 5.32 Å². The second-order valence-electron chi connectivity index (χ2n) is 1.79. The van der Waals surface area contributed by atoms with Crippen LogP contribution in [0.15, 0.2) is 11.6 Å². The van der Waals surface area contributed by atoms with E-state index >= 15 is 0 Å². The summed E-state index contributed by atoms with van der Waals surface area (Å²) >= 11 is 2.99. The first-order valence-electron chi connectivity index (χ1n) is 2.78. The number of alkyl halides is 3. The molecule has 0 aromatic carbocycles. The third-order valence-corrected chi connectivity index (χ3v) is 1.96. The molecular formula is C5H3BrF2N2OS. The Morgan fingerprint density at radius 1 is 1.75 bits per heavy atom. The number of hydrogen-bond acceptors (Lipinski definition) is 3. The first-order valence-corrected chi connectivity index (χ1v) is 4.45. The van der Waals surface area contributed by atoms with E-state index in [0.29, 0.717) is 0 Å². The number of hydrogen-bond donors (Lipinski definition) is 1. The Balaban J connectivity index is 2.60. The summed E-state index contributed by atoms with van der Waals surface area (Å²) in [5, 5.41) is 3.66. The van der Waals surface area contributed by atoms with E-state index in [9.17, 15) is 13.6 Å². The van der Waals surface area contributed by atoms with E-state index < -0.39 is 10.7 Å². The standard InChI is InChI=1S/C5H3BrF2N2OS/c6-5(7,8)3(11)10-4-9-1-2-12-4/h1-2H,(H,9,10,11). The molecule has 1 heterocycles. The normalized spacial score (nSPS) is 11.2. The van der Waals surface area contributed by atoms with Gasteiger partial charge in [-0.2, -0.15) is 8.78 Å². The number of halogens is 3. The molecule has 1 rings (SSSR count). The molecule has 66 valence electrons. The topological polar surface area (TPSA) is 42.0 Å². The van der Waals surface area contributed by atoms with Gasteiger partial charge in [0.15, 0.2) is 5.13 Å². The minimum absolute atomic E-state index is 0.152. The molecule has 0 aliphatic heterocycles. The quantitative estimate of drug-likeness (QED) is 0.824.